The van der Waals surface area contributed by atoms with Gasteiger partial charge in [-0.05, 0) is 51.0 Å². The number of hydrogen-bond acceptors (Lipinski definition) is 5. The largest absolute Gasteiger partial charge is 0.348 e. The Kier molecular flexibility index (Phi) is 7.63. The molecular formula is C28H40F2N6O. The van der Waals surface area contributed by atoms with Gasteiger partial charge >= 0.3 is 0 Å². The zero-order chi connectivity index (χ0) is 26.2. The summed E-state index contributed by atoms with van der Waals surface area (Å²) in [5, 5.41) is 14.8. The van der Waals surface area contributed by atoms with Gasteiger partial charge in [0.05, 0.1) is 18.6 Å². The van der Waals surface area contributed by atoms with Gasteiger partial charge in [0.1, 0.15) is 11.6 Å². The molecule has 1 aromatic carbocycles. The number of piperidine rings is 2. The summed E-state index contributed by atoms with van der Waals surface area (Å²) in [4.78, 5) is 15.7. The molecule has 2 aromatic rings. The van der Waals surface area contributed by atoms with Gasteiger partial charge in [-0.15, -0.1) is 10.2 Å². The Hall–Kier alpha value is -2.39. The summed E-state index contributed by atoms with van der Waals surface area (Å²) in [6, 6.07) is 10.8. The van der Waals surface area contributed by atoms with Gasteiger partial charge in [-0.2, -0.15) is 0 Å². The van der Waals surface area contributed by atoms with Crippen LogP contribution in [0.1, 0.15) is 94.0 Å². The molecular weight excluding hydrogens is 474 g/mol. The van der Waals surface area contributed by atoms with Crippen LogP contribution < -0.4 is 10.6 Å². The van der Waals surface area contributed by atoms with Crippen LogP contribution in [0.2, 0.25) is 0 Å². The summed E-state index contributed by atoms with van der Waals surface area (Å²) in [5.41, 5.74) is 1.06. The predicted molar refractivity (Wildman–Crippen MR) is 139 cm³/mol. The summed E-state index contributed by atoms with van der Waals surface area (Å²) >= 11 is 0. The van der Waals surface area contributed by atoms with E-state index in [2.05, 4.69) is 51.1 Å². The lowest BCUT2D eigenvalue weighted by molar-refractivity contribution is -0.126. The molecule has 0 spiro atoms. The molecule has 3 fully saturated rings. The summed E-state index contributed by atoms with van der Waals surface area (Å²) in [6.07, 6.45) is 5.27. The Bertz CT molecular complexity index is 1050. The number of fused-ring (bicyclic) bond motifs is 2. The molecule has 2 unspecified atom stereocenters. The minimum absolute atomic E-state index is 0.150. The van der Waals surface area contributed by atoms with Crippen LogP contribution in [0.5, 0.6) is 0 Å². The molecule has 0 aliphatic carbocycles. The zero-order valence-corrected chi connectivity index (χ0v) is 22.2. The Labute approximate surface area is 218 Å². The third kappa shape index (κ3) is 5.72. The molecule has 2 N–H and O–H groups in total. The molecule has 1 aromatic heterocycles. The molecule has 2 bridgehead atoms. The van der Waals surface area contributed by atoms with Crippen LogP contribution in [0.4, 0.5) is 8.78 Å². The van der Waals surface area contributed by atoms with Crippen molar-refractivity contribution in [2.24, 2.45) is 0 Å². The molecule has 37 heavy (non-hydrogen) atoms. The van der Waals surface area contributed by atoms with E-state index in [-0.39, 0.29) is 24.8 Å². The lowest BCUT2D eigenvalue weighted by atomic mass is 9.94. The van der Waals surface area contributed by atoms with Crippen molar-refractivity contribution in [3.05, 3.63) is 47.5 Å². The fourth-order valence-electron chi connectivity index (χ4n) is 6.65. The van der Waals surface area contributed by atoms with Gasteiger partial charge in [-0.3, -0.25) is 9.69 Å². The number of aryl methyl sites for hydroxylation is 1. The topological polar surface area (TPSA) is 75.1 Å². The minimum Gasteiger partial charge on any atom is -0.348 e. The first-order chi connectivity index (χ1) is 17.7. The Balaban J connectivity index is 1.24. The van der Waals surface area contributed by atoms with E-state index in [4.69, 9.17) is 0 Å². The average molecular weight is 515 g/mol. The molecule has 0 saturated carbocycles. The molecule has 3 aliphatic rings. The molecule has 202 valence electrons. The number of aromatic nitrogens is 3. The van der Waals surface area contributed by atoms with E-state index in [0.29, 0.717) is 24.0 Å². The van der Waals surface area contributed by atoms with Gasteiger partial charge in [-0.25, -0.2) is 8.78 Å². The van der Waals surface area contributed by atoms with E-state index in [9.17, 15) is 13.6 Å². The molecule has 0 radical (unpaired) electrons. The minimum atomic E-state index is -2.73. The number of amides is 1. The van der Waals surface area contributed by atoms with Crippen molar-refractivity contribution in [1.29, 1.82) is 0 Å². The van der Waals surface area contributed by atoms with E-state index in [0.717, 1.165) is 43.0 Å². The van der Waals surface area contributed by atoms with Crippen LogP contribution in [0.25, 0.3) is 0 Å². The number of carbonyl (C=O) groups excluding carboxylic acids is 1. The van der Waals surface area contributed by atoms with Crippen molar-refractivity contribution in [1.82, 2.24) is 30.3 Å². The van der Waals surface area contributed by atoms with Crippen molar-refractivity contribution in [2.75, 3.05) is 13.1 Å². The summed E-state index contributed by atoms with van der Waals surface area (Å²) in [7, 11) is 0. The van der Waals surface area contributed by atoms with Crippen LogP contribution in [0.3, 0.4) is 0 Å². The van der Waals surface area contributed by atoms with Crippen molar-refractivity contribution in [2.45, 2.75) is 108 Å². The quantitative estimate of drug-likeness (QED) is 0.542. The maximum Gasteiger partial charge on any atom is 0.260 e. The molecule has 7 nitrogen and oxygen atoms in total. The normalized spacial score (nSPS) is 28.4. The fraction of sp³-hybridized carbons (Fsp3) is 0.679. The van der Waals surface area contributed by atoms with E-state index in [1.807, 2.05) is 30.3 Å². The first-order valence-electron chi connectivity index (χ1n) is 13.9. The second-order valence-corrected chi connectivity index (χ2v) is 11.5. The van der Waals surface area contributed by atoms with Crippen molar-refractivity contribution in [3.63, 3.8) is 0 Å². The third-order valence-electron chi connectivity index (χ3n) is 8.55. The Morgan fingerprint density at radius 2 is 1.81 bits per heavy atom. The maximum atomic E-state index is 13.6. The summed E-state index contributed by atoms with van der Waals surface area (Å²) < 4.78 is 29.5. The third-order valence-corrected chi connectivity index (χ3v) is 8.55. The van der Waals surface area contributed by atoms with E-state index < -0.39 is 18.5 Å². The number of halogens is 2. The Morgan fingerprint density at radius 3 is 2.43 bits per heavy atom. The lowest BCUT2D eigenvalue weighted by Crippen LogP contribution is -2.53. The van der Waals surface area contributed by atoms with Gasteiger partial charge < -0.3 is 15.2 Å². The van der Waals surface area contributed by atoms with Crippen LogP contribution in [0, 0.1) is 6.92 Å². The smallest absolute Gasteiger partial charge is 0.260 e. The van der Waals surface area contributed by atoms with Crippen LogP contribution in [-0.4, -0.2) is 62.7 Å². The maximum absolute atomic E-state index is 13.6. The first-order valence-corrected chi connectivity index (χ1v) is 13.9. The fourth-order valence-corrected chi connectivity index (χ4v) is 6.65. The van der Waals surface area contributed by atoms with Gasteiger partial charge in [0.2, 0.25) is 5.91 Å². The zero-order valence-electron chi connectivity index (χ0n) is 22.2. The highest BCUT2D eigenvalue weighted by molar-refractivity contribution is 5.82. The predicted octanol–water partition coefficient (Wildman–Crippen LogP) is 4.51. The van der Waals surface area contributed by atoms with Crippen molar-refractivity contribution in [3.8, 4) is 0 Å². The van der Waals surface area contributed by atoms with Crippen molar-refractivity contribution < 1.29 is 13.6 Å². The molecule has 5 rings (SSSR count). The van der Waals surface area contributed by atoms with E-state index in [1.54, 1.807) is 0 Å². The molecule has 5 atom stereocenters. The highest BCUT2D eigenvalue weighted by atomic mass is 19.3. The number of nitrogens with one attached hydrogen (secondary N) is 2. The average Bonchev–Trinajstić information content (AvgIpc) is 3.37. The first kappa shape index (κ1) is 26.2. The molecule has 4 heterocycles. The summed E-state index contributed by atoms with van der Waals surface area (Å²) in [6.45, 7) is 6.87. The highest BCUT2D eigenvalue weighted by Gasteiger charge is 2.42. The van der Waals surface area contributed by atoms with Gasteiger partial charge in [0, 0.05) is 37.0 Å². The van der Waals surface area contributed by atoms with E-state index in [1.165, 1.54) is 12.8 Å². The molecule has 3 aliphatic heterocycles. The van der Waals surface area contributed by atoms with E-state index >= 15 is 0 Å². The Morgan fingerprint density at radius 1 is 1.11 bits per heavy atom. The summed E-state index contributed by atoms with van der Waals surface area (Å²) in [5.74, 6) is -0.492. The lowest BCUT2D eigenvalue weighted by Gasteiger charge is -2.40. The monoisotopic (exact) mass is 514 g/mol. The SMILES string of the molecule is Cc1nnc(C(C)C)n1C1C[C@H]2CC[C@@H](C1)N2CCC(NC(=O)[C@@H]1CCC(F)(F)CN1)c1ccccc1. The van der Waals surface area contributed by atoms with Crippen molar-refractivity contribution >= 4 is 5.91 Å². The van der Waals surface area contributed by atoms with Gasteiger partial charge in [0.25, 0.3) is 5.92 Å². The molecule has 9 heteroatoms. The molecule has 1 amide bonds. The highest BCUT2D eigenvalue weighted by Crippen LogP contribution is 2.42. The number of nitrogens with zero attached hydrogens (tertiary/aromatic N) is 4. The number of carbonyl (C=O) groups is 1. The number of alkyl halides is 2. The second-order valence-electron chi connectivity index (χ2n) is 11.5. The number of benzene rings is 1. The standard InChI is InChI=1S/C28H40F2N6O/c1-18(2)26-34-33-19(3)36(26)23-15-21-9-10-22(16-23)35(21)14-12-24(20-7-5-4-6-8-20)32-27(37)25-11-13-28(29,30)17-31-25/h4-8,18,21-25,31H,9-17H2,1-3H3,(H,32,37)/t21-,22+,23?,24?,25-/m0/s1. The number of rotatable bonds is 8. The van der Waals surface area contributed by atoms with Gasteiger partial charge in [0.15, 0.2) is 0 Å². The van der Waals surface area contributed by atoms with Crippen LogP contribution in [-0.2, 0) is 4.79 Å². The molecule has 3 saturated heterocycles. The van der Waals surface area contributed by atoms with Crippen LogP contribution >= 0.6 is 0 Å². The second kappa shape index (κ2) is 10.8. The number of hydrogen-bond donors (Lipinski definition) is 2. The van der Waals surface area contributed by atoms with Crippen LogP contribution in [0.15, 0.2) is 30.3 Å². The van der Waals surface area contributed by atoms with Gasteiger partial charge in [-0.1, -0.05) is 44.2 Å².